The van der Waals surface area contributed by atoms with Crippen LogP contribution in [-0.2, 0) is 9.53 Å². The van der Waals surface area contributed by atoms with Crippen LogP contribution >= 0.6 is 11.8 Å². The maximum atomic E-state index is 11.1. The summed E-state index contributed by atoms with van der Waals surface area (Å²) in [6, 6.07) is 1.21. The number of thioether (sulfide) groups is 1. The lowest BCUT2D eigenvalue weighted by molar-refractivity contribution is -0.155. The number of esters is 1. The lowest BCUT2D eigenvalue weighted by Gasteiger charge is -2.60. The molecule has 0 saturated carbocycles. The van der Waals surface area contributed by atoms with Crippen LogP contribution in [0.1, 0.15) is 26.2 Å². The zero-order valence-electron chi connectivity index (χ0n) is 9.18. The molecule has 4 heteroatoms. The Bertz CT molecular complexity index is 292. The van der Waals surface area contributed by atoms with Crippen molar-refractivity contribution < 1.29 is 9.53 Å². The average molecular weight is 227 g/mol. The van der Waals surface area contributed by atoms with E-state index in [9.17, 15) is 4.79 Å². The molecule has 5 heterocycles. The van der Waals surface area contributed by atoms with Crippen LogP contribution in [0.4, 0.5) is 0 Å². The molecule has 0 aromatic carbocycles. The van der Waals surface area contributed by atoms with Crippen molar-refractivity contribution in [2.24, 2.45) is 0 Å². The van der Waals surface area contributed by atoms with Crippen molar-refractivity contribution >= 4 is 17.7 Å². The van der Waals surface area contributed by atoms with Crippen molar-refractivity contribution in [3.8, 4) is 0 Å². The molecule has 0 aromatic rings. The van der Waals surface area contributed by atoms with Gasteiger partial charge in [-0.1, -0.05) is 0 Å². The minimum absolute atomic E-state index is 0.123. The molecule has 0 spiro atoms. The molecular formula is C11H17NO2S. The normalized spacial score (nSPS) is 48.3. The number of piperidine rings is 2. The number of likely N-dealkylation sites (N-methyl/N-ethyl adjacent to an activating group) is 1. The van der Waals surface area contributed by atoms with E-state index in [1.807, 2.05) is 0 Å². The molecule has 0 amide bonds. The number of fused-ring (bicyclic) bond motifs is 2. The second-order valence-corrected chi connectivity index (χ2v) is 6.38. The Hall–Kier alpha value is -0.220. The minimum Gasteiger partial charge on any atom is -0.461 e. The van der Waals surface area contributed by atoms with Crippen LogP contribution in [0.15, 0.2) is 0 Å². The van der Waals surface area contributed by atoms with E-state index in [4.69, 9.17) is 4.74 Å². The second-order valence-electron chi connectivity index (χ2n) is 4.90. The predicted octanol–water partition coefficient (Wildman–Crippen LogP) is 1.27. The van der Waals surface area contributed by atoms with E-state index in [1.165, 1.54) is 19.8 Å². The van der Waals surface area contributed by atoms with Crippen LogP contribution in [-0.4, -0.2) is 46.6 Å². The Labute approximate surface area is 94.5 Å². The van der Waals surface area contributed by atoms with Crippen LogP contribution in [0.5, 0.6) is 0 Å². The van der Waals surface area contributed by atoms with Gasteiger partial charge in [0.05, 0.1) is 6.04 Å². The summed E-state index contributed by atoms with van der Waals surface area (Å²) < 4.78 is 5.45. The second kappa shape index (κ2) is 3.39. The molecule has 4 bridgehead atoms. The van der Waals surface area contributed by atoms with E-state index in [0.717, 1.165) is 12.5 Å². The number of carbonyl (C=O) groups excluding carboxylic acids is 1. The van der Waals surface area contributed by atoms with Crippen LogP contribution in [0.2, 0.25) is 0 Å². The Morgan fingerprint density at radius 2 is 2.20 bits per heavy atom. The van der Waals surface area contributed by atoms with E-state index >= 15 is 0 Å². The molecule has 5 fully saturated rings. The fraction of sp³-hybridized carbons (Fsp3) is 0.909. The first kappa shape index (κ1) is 9.97. The van der Waals surface area contributed by atoms with E-state index in [-0.39, 0.29) is 12.1 Å². The van der Waals surface area contributed by atoms with Crippen molar-refractivity contribution in [1.29, 1.82) is 0 Å². The van der Waals surface area contributed by atoms with Gasteiger partial charge in [-0.2, -0.15) is 11.8 Å². The molecule has 5 aliphatic heterocycles. The van der Waals surface area contributed by atoms with Crippen molar-refractivity contribution in [2.45, 2.75) is 54.9 Å². The van der Waals surface area contributed by atoms with Gasteiger partial charge in [-0.3, -0.25) is 9.69 Å². The first-order valence-electron chi connectivity index (χ1n) is 5.71. The summed E-state index contributed by atoms with van der Waals surface area (Å²) in [5.74, 6) is -0.123. The highest BCUT2D eigenvalue weighted by atomic mass is 32.2. The number of carbonyl (C=O) groups is 1. The molecule has 0 N–H and O–H groups in total. The van der Waals surface area contributed by atoms with Gasteiger partial charge in [0.1, 0.15) is 6.10 Å². The summed E-state index contributed by atoms with van der Waals surface area (Å²) in [6.07, 6.45) is 3.86. The zero-order chi connectivity index (χ0) is 10.6. The van der Waals surface area contributed by atoms with Crippen molar-refractivity contribution in [3.05, 3.63) is 0 Å². The van der Waals surface area contributed by atoms with Crippen molar-refractivity contribution in [2.75, 3.05) is 7.05 Å². The van der Waals surface area contributed by atoms with Crippen LogP contribution in [0, 0.1) is 0 Å². The fourth-order valence-electron chi connectivity index (χ4n) is 3.52. The van der Waals surface area contributed by atoms with Gasteiger partial charge in [0.2, 0.25) is 0 Å². The van der Waals surface area contributed by atoms with Crippen molar-refractivity contribution in [1.82, 2.24) is 4.90 Å². The Morgan fingerprint density at radius 3 is 2.80 bits per heavy atom. The van der Waals surface area contributed by atoms with Gasteiger partial charge < -0.3 is 4.74 Å². The highest BCUT2D eigenvalue weighted by Gasteiger charge is 2.55. The van der Waals surface area contributed by atoms with E-state index < -0.39 is 0 Å². The number of hydrogen-bond acceptors (Lipinski definition) is 4. The summed E-state index contributed by atoms with van der Waals surface area (Å²) in [5.41, 5.74) is 0. The first-order chi connectivity index (χ1) is 7.16. The Balaban J connectivity index is 1.82. The molecule has 0 aliphatic carbocycles. The van der Waals surface area contributed by atoms with Gasteiger partial charge >= 0.3 is 5.97 Å². The molecule has 84 valence electrons. The lowest BCUT2D eigenvalue weighted by atomic mass is 9.81. The zero-order valence-corrected chi connectivity index (χ0v) is 10.00. The third-order valence-corrected chi connectivity index (χ3v) is 5.78. The molecule has 0 radical (unpaired) electrons. The quantitative estimate of drug-likeness (QED) is 0.631. The fourth-order valence-corrected chi connectivity index (χ4v) is 5.58. The maximum Gasteiger partial charge on any atom is 0.302 e. The molecular weight excluding hydrogens is 210 g/mol. The predicted molar refractivity (Wildman–Crippen MR) is 59.9 cm³/mol. The number of nitrogens with zero attached hydrogens (tertiary/aromatic N) is 1. The van der Waals surface area contributed by atoms with E-state index in [2.05, 4.69) is 23.7 Å². The molecule has 5 aliphatic rings. The maximum absolute atomic E-state index is 11.1. The summed E-state index contributed by atoms with van der Waals surface area (Å²) in [6.45, 7) is 1.52. The summed E-state index contributed by atoms with van der Waals surface area (Å²) in [7, 11) is 2.20. The molecule has 5 saturated heterocycles. The Kier molecular flexibility index (Phi) is 2.25. The smallest absolute Gasteiger partial charge is 0.302 e. The first-order valence-corrected chi connectivity index (χ1v) is 6.65. The summed E-state index contributed by atoms with van der Waals surface area (Å²) in [4.78, 5) is 13.5. The van der Waals surface area contributed by atoms with Crippen molar-refractivity contribution in [3.63, 3.8) is 0 Å². The van der Waals surface area contributed by atoms with Gasteiger partial charge in [0, 0.05) is 23.5 Å². The number of hydrogen-bond donors (Lipinski definition) is 0. The SMILES string of the molecule is CC(=O)OC1CC2SC3CCC2N(C)C13. The summed E-state index contributed by atoms with van der Waals surface area (Å²) >= 11 is 2.13. The third kappa shape index (κ3) is 1.41. The van der Waals surface area contributed by atoms with Gasteiger partial charge in [-0.15, -0.1) is 0 Å². The topological polar surface area (TPSA) is 29.5 Å². The summed E-state index contributed by atoms with van der Waals surface area (Å²) in [5, 5.41) is 1.39. The van der Waals surface area contributed by atoms with Crippen LogP contribution in [0.3, 0.4) is 0 Å². The lowest BCUT2D eigenvalue weighted by Crippen LogP contribution is -2.68. The molecule has 3 nitrogen and oxygen atoms in total. The number of rotatable bonds is 1. The van der Waals surface area contributed by atoms with Crippen LogP contribution < -0.4 is 0 Å². The van der Waals surface area contributed by atoms with Gasteiger partial charge in [-0.25, -0.2) is 0 Å². The standard InChI is InChI=1S/C11H17NO2S/c1-6(13)14-8-5-10-7-3-4-9(15-10)11(8)12(7)2/h7-11H,3-5H2,1-2H3. The molecule has 0 aromatic heterocycles. The van der Waals surface area contributed by atoms with Gasteiger partial charge in [0.15, 0.2) is 0 Å². The third-order valence-electron chi connectivity index (χ3n) is 4.06. The monoisotopic (exact) mass is 227 g/mol. The van der Waals surface area contributed by atoms with E-state index in [0.29, 0.717) is 16.5 Å². The van der Waals surface area contributed by atoms with Gasteiger partial charge in [0.25, 0.3) is 0 Å². The Morgan fingerprint density at radius 1 is 1.40 bits per heavy atom. The van der Waals surface area contributed by atoms with Gasteiger partial charge in [-0.05, 0) is 26.3 Å². The highest BCUT2D eigenvalue weighted by molar-refractivity contribution is 8.00. The highest BCUT2D eigenvalue weighted by Crippen LogP contribution is 2.51. The molecule has 5 rings (SSSR count). The molecule has 5 atom stereocenters. The van der Waals surface area contributed by atoms with Crippen LogP contribution in [0.25, 0.3) is 0 Å². The molecule has 15 heavy (non-hydrogen) atoms. The minimum atomic E-state index is -0.123. The van der Waals surface area contributed by atoms with E-state index in [1.54, 1.807) is 0 Å². The average Bonchev–Trinajstić information content (AvgIpc) is 2.15. The number of ether oxygens (including phenoxy) is 1. The molecule has 5 unspecified atom stereocenters. The largest absolute Gasteiger partial charge is 0.461 e.